The number of sulfonamides is 1. The zero-order valence-corrected chi connectivity index (χ0v) is 19.5. The fraction of sp³-hybridized carbons (Fsp3) is 0.391. The number of carbonyl (C=O) groups excluding carboxylic acids is 1. The molecule has 2 aromatic carbocycles. The number of hydrogen-bond acceptors (Lipinski definition) is 6. The summed E-state index contributed by atoms with van der Waals surface area (Å²) in [6.07, 6.45) is 0.990. The number of halogens is 1. The standard InChI is InChI=1S/C23H26FN3O5S/c1-14(2)31-23(28)27-10-8-15(9-11-27)22-26-19-13-17(4-6-20(19)32-22)16-5-7-21(18(24)12-16)33(29,30)25-3/h4-7,12-15,25H,8-11H2,1-3H3. The third-order valence-corrected chi connectivity index (χ3v) is 7.11. The maximum absolute atomic E-state index is 14.4. The summed E-state index contributed by atoms with van der Waals surface area (Å²) in [5.41, 5.74) is 2.48. The first-order chi connectivity index (χ1) is 15.7. The summed E-state index contributed by atoms with van der Waals surface area (Å²) in [6, 6.07) is 9.33. The van der Waals surface area contributed by atoms with E-state index in [1.807, 2.05) is 13.8 Å². The smallest absolute Gasteiger partial charge is 0.410 e. The van der Waals surface area contributed by atoms with Gasteiger partial charge in [0.2, 0.25) is 10.0 Å². The molecule has 1 aromatic heterocycles. The first kappa shape index (κ1) is 23.2. The number of likely N-dealkylation sites (tertiary alicyclic amines) is 1. The Labute approximate surface area is 191 Å². The molecule has 1 aliphatic heterocycles. The van der Waals surface area contributed by atoms with Gasteiger partial charge in [-0.3, -0.25) is 0 Å². The van der Waals surface area contributed by atoms with E-state index in [9.17, 15) is 17.6 Å². The van der Waals surface area contributed by atoms with Crippen LogP contribution in [-0.4, -0.2) is 50.6 Å². The molecule has 0 radical (unpaired) electrons. The SMILES string of the molecule is CNS(=O)(=O)c1ccc(-c2ccc3oc(C4CCN(C(=O)OC(C)C)CC4)nc3c2)cc1F. The molecule has 4 rings (SSSR count). The molecule has 176 valence electrons. The van der Waals surface area contributed by atoms with Crippen molar-refractivity contribution in [1.29, 1.82) is 0 Å². The number of amides is 1. The lowest BCUT2D eigenvalue weighted by molar-refractivity contribution is 0.0681. The number of aromatic nitrogens is 1. The monoisotopic (exact) mass is 475 g/mol. The minimum Gasteiger partial charge on any atom is -0.447 e. The van der Waals surface area contributed by atoms with Crippen LogP contribution < -0.4 is 4.72 Å². The second-order valence-corrected chi connectivity index (χ2v) is 10.1. The molecule has 1 fully saturated rings. The van der Waals surface area contributed by atoms with Crippen molar-refractivity contribution in [3.05, 3.63) is 48.1 Å². The lowest BCUT2D eigenvalue weighted by atomic mass is 9.97. The highest BCUT2D eigenvalue weighted by Gasteiger charge is 2.28. The van der Waals surface area contributed by atoms with Crippen molar-refractivity contribution in [1.82, 2.24) is 14.6 Å². The number of oxazole rings is 1. The fourth-order valence-electron chi connectivity index (χ4n) is 3.89. The van der Waals surface area contributed by atoms with Crippen molar-refractivity contribution in [2.45, 2.75) is 43.6 Å². The number of rotatable bonds is 5. The first-order valence-electron chi connectivity index (χ1n) is 10.8. The number of nitrogens with zero attached hydrogens (tertiary/aromatic N) is 2. The molecule has 0 spiro atoms. The molecule has 1 N–H and O–H groups in total. The maximum atomic E-state index is 14.4. The minimum atomic E-state index is -3.87. The Bertz CT molecular complexity index is 1280. The van der Waals surface area contributed by atoms with E-state index in [0.717, 1.165) is 12.8 Å². The molecule has 2 heterocycles. The van der Waals surface area contributed by atoms with Gasteiger partial charge in [0.15, 0.2) is 11.5 Å². The fourth-order valence-corrected chi connectivity index (χ4v) is 4.68. The summed E-state index contributed by atoms with van der Waals surface area (Å²) >= 11 is 0. The number of hydrogen-bond donors (Lipinski definition) is 1. The number of fused-ring (bicyclic) bond motifs is 1. The van der Waals surface area contributed by atoms with E-state index in [0.29, 0.717) is 41.2 Å². The molecule has 0 bridgehead atoms. The zero-order valence-electron chi connectivity index (χ0n) is 18.7. The average Bonchev–Trinajstić information content (AvgIpc) is 3.22. The number of carbonyl (C=O) groups is 1. The van der Waals surface area contributed by atoms with Crippen LogP contribution in [0.4, 0.5) is 9.18 Å². The van der Waals surface area contributed by atoms with E-state index in [2.05, 4.69) is 9.71 Å². The van der Waals surface area contributed by atoms with E-state index >= 15 is 0 Å². The van der Waals surface area contributed by atoms with Gasteiger partial charge in [-0.15, -0.1) is 0 Å². The van der Waals surface area contributed by atoms with Crippen LogP contribution >= 0.6 is 0 Å². The Hall–Kier alpha value is -2.98. The average molecular weight is 476 g/mol. The van der Waals surface area contributed by atoms with E-state index in [4.69, 9.17) is 9.15 Å². The quantitative estimate of drug-likeness (QED) is 0.591. The van der Waals surface area contributed by atoms with Crippen LogP contribution in [0.5, 0.6) is 0 Å². The summed E-state index contributed by atoms with van der Waals surface area (Å²) in [5, 5.41) is 0. The Balaban J connectivity index is 1.52. The van der Waals surface area contributed by atoms with Gasteiger partial charge in [0.05, 0.1) is 6.10 Å². The Kier molecular flexibility index (Phi) is 6.40. The van der Waals surface area contributed by atoms with Crippen molar-refractivity contribution >= 4 is 27.2 Å². The van der Waals surface area contributed by atoms with Crippen molar-refractivity contribution in [3.8, 4) is 11.1 Å². The topological polar surface area (TPSA) is 102 Å². The second kappa shape index (κ2) is 9.11. The molecule has 3 aromatic rings. The van der Waals surface area contributed by atoms with Crippen molar-refractivity contribution in [2.75, 3.05) is 20.1 Å². The largest absolute Gasteiger partial charge is 0.447 e. The molecule has 8 nitrogen and oxygen atoms in total. The lowest BCUT2D eigenvalue weighted by Gasteiger charge is -2.30. The van der Waals surface area contributed by atoms with E-state index in [1.165, 1.54) is 19.2 Å². The molecule has 1 aliphatic rings. The van der Waals surface area contributed by atoms with Gasteiger partial charge in [0.1, 0.15) is 16.2 Å². The number of ether oxygens (including phenoxy) is 1. The van der Waals surface area contributed by atoms with Gasteiger partial charge in [-0.25, -0.2) is 27.3 Å². The lowest BCUT2D eigenvalue weighted by Crippen LogP contribution is -2.39. The number of nitrogens with one attached hydrogen (secondary N) is 1. The summed E-state index contributed by atoms with van der Waals surface area (Å²) in [4.78, 5) is 18.0. The van der Waals surface area contributed by atoms with Gasteiger partial charge < -0.3 is 14.1 Å². The van der Waals surface area contributed by atoms with Crippen LogP contribution in [-0.2, 0) is 14.8 Å². The molecule has 1 saturated heterocycles. The second-order valence-electron chi connectivity index (χ2n) is 8.28. The molecule has 0 unspecified atom stereocenters. The first-order valence-corrected chi connectivity index (χ1v) is 12.3. The predicted octanol–water partition coefficient (Wildman–Crippen LogP) is 4.27. The molecule has 33 heavy (non-hydrogen) atoms. The number of piperidine rings is 1. The third-order valence-electron chi connectivity index (χ3n) is 5.67. The molecule has 0 atom stereocenters. The molecular formula is C23H26FN3O5S. The van der Waals surface area contributed by atoms with Crippen molar-refractivity contribution in [3.63, 3.8) is 0 Å². The van der Waals surface area contributed by atoms with Crippen LogP contribution in [0.2, 0.25) is 0 Å². The van der Waals surface area contributed by atoms with Crippen LogP contribution in [0.25, 0.3) is 22.2 Å². The van der Waals surface area contributed by atoms with Gasteiger partial charge in [0, 0.05) is 19.0 Å². The predicted molar refractivity (Wildman–Crippen MR) is 121 cm³/mol. The van der Waals surface area contributed by atoms with E-state index < -0.39 is 20.7 Å². The highest BCUT2D eigenvalue weighted by Crippen LogP contribution is 2.32. The van der Waals surface area contributed by atoms with Gasteiger partial charge in [-0.1, -0.05) is 12.1 Å². The summed E-state index contributed by atoms with van der Waals surface area (Å²) in [6.45, 7) is 4.79. The van der Waals surface area contributed by atoms with Gasteiger partial charge >= 0.3 is 6.09 Å². The maximum Gasteiger partial charge on any atom is 0.410 e. The zero-order chi connectivity index (χ0) is 23.8. The van der Waals surface area contributed by atoms with Gasteiger partial charge in [-0.05, 0) is 69.1 Å². The minimum absolute atomic E-state index is 0.0902. The number of benzene rings is 2. The van der Waals surface area contributed by atoms with E-state index in [1.54, 1.807) is 29.2 Å². The highest BCUT2D eigenvalue weighted by atomic mass is 32.2. The normalized spacial score (nSPS) is 15.4. The Morgan fingerprint density at radius 1 is 1.18 bits per heavy atom. The Morgan fingerprint density at radius 3 is 2.48 bits per heavy atom. The van der Waals surface area contributed by atoms with Crippen LogP contribution in [0.1, 0.15) is 38.5 Å². The molecular weight excluding hydrogens is 449 g/mol. The highest BCUT2D eigenvalue weighted by molar-refractivity contribution is 7.89. The van der Waals surface area contributed by atoms with Gasteiger partial charge in [-0.2, -0.15) is 0 Å². The van der Waals surface area contributed by atoms with Crippen LogP contribution in [0.3, 0.4) is 0 Å². The summed E-state index contributed by atoms with van der Waals surface area (Å²) < 4.78 is 51.6. The molecule has 10 heteroatoms. The van der Waals surface area contributed by atoms with Crippen molar-refractivity contribution in [2.24, 2.45) is 0 Å². The molecule has 0 aliphatic carbocycles. The van der Waals surface area contributed by atoms with E-state index in [-0.39, 0.29) is 18.1 Å². The van der Waals surface area contributed by atoms with Gasteiger partial charge in [0.25, 0.3) is 0 Å². The molecule has 0 saturated carbocycles. The van der Waals surface area contributed by atoms with Crippen LogP contribution in [0.15, 0.2) is 45.7 Å². The van der Waals surface area contributed by atoms with Crippen molar-refractivity contribution < 1.29 is 26.8 Å². The summed E-state index contributed by atoms with van der Waals surface area (Å²) in [7, 11) is -2.64. The summed E-state index contributed by atoms with van der Waals surface area (Å²) in [5.74, 6) is -0.126. The molecule has 1 amide bonds. The van der Waals surface area contributed by atoms with Crippen LogP contribution in [0, 0.1) is 5.82 Å². The third kappa shape index (κ3) is 4.86. The Morgan fingerprint density at radius 2 is 1.85 bits per heavy atom.